The van der Waals surface area contributed by atoms with Gasteiger partial charge in [-0.2, -0.15) is 0 Å². The molecule has 2 aromatic heterocycles. The first-order valence-electron chi connectivity index (χ1n) is 6.30. The van der Waals surface area contributed by atoms with Gasteiger partial charge in [-0.25, -0.2) is 4.98 Å². The molecule has 0 saturated carbocycles. The van der Waals surface area contributed by atoms with Gasteiger partial charge in [0.05, 0.1) is 11.1 Å². The van der Waals surface area contributed by atoms with Crippen LogP contribution in [-0.4, -0.2) is 26.4 Å². The maximum Gasteiger partial charge on any atom is 0.313 e. The van der Waals surface area contributed by atoms with Gasteiger partial charge in [0.25, 0.3) is 5.56 Å². The first-order chi connectivity index (χ1) is 9.45. The van der Waals surface area contributed by atoms with Crippen molar-refractivity contribution in [2.45, 2.75) is 38.9 Å². The lowest BCUT2D eigenvalue weighted by Crippen LogP contribution is -2.23. The molecule has 7 heteroatoms. The van der Waals surface area contributed by atoms with Gasteiger partial charge >= 0.3 is 5.97 Å². The topological polar surface area (TPSA) is 72.2 Å². The number of fused-ring (bicyclic) bond motifs is 1. The summed E-state index contributed by atoms with van der Waals surface area (Å²) in [5, 5.41) is 9.95. The van der Waals surface area contributed by atoms with Crippen LogP contribution in [-0.2, 0) is 11.3 Å². The van der Waals surface area contributed by atoms with Crippen LogP contribution in [0.4, 0.5) is 0 Å². The summed E-state index contributed by atoms with van der Waals surface area (Å²) >= 11 is 2.58. The highest BCUT2D eigenvalue weighted by atomic mass is 32.2. The van der Waals surface area contributed by atoms with Gasteiger partial charge in [-0.05, 0) is 25.8 Å². The van der Waals surface area contributed by atoms with Crippen LogP contribution in [0.25, 0.3) is 10.2 Å². The summed E-state index contributed by atoms with van der Waals surface area (Å²) in [4.78, 5) is 29.6. The predicted octanol–water partition coefficient (Wildman–Crippen LogP) is 2.66. The zero-order chi connectivity index (χ0) is 14.9. The summed E-state index contributed by atoms with van der Waals surface area (Å²) in [5.74, 6) is -1.00. The number of rotatable bonds is 5. The Morgan fingerprint density at radius 1 is 1.45 bits per heavy atom. The summed E-state index contributed by atoms with van der Waals surface area (Å²) in [5.41, 5.74) is 0.911. The van der Waals surface area contributed by atoms with Gasteiger partial charge in [0, 0.05) is 11.4 Å². The lowest BCUT2D eigenvalue weighted by Gasteiger charge is -2.10. The van der Waals surface area contributed by atoms with E-state index in [-0.39, 0.29) is 11.3 Å². The zero-order valence-corrected chi connectivity index (χ0v) is 13.2. The Morgan fingerprint density at radius 2 is 2.15 bits per heavy atom. The quantitative estimate of drug-likeness (QED) is 0.679. The number of aromatic nitrogens is 2. The van der Waals surface area contributed by atoms with Crippen LogP contribution in [0, 0.1) is 13.8 Å². The van der Waals surface area contributed by atoms with Gasteiger partial charge in [-0.3, -0.25) is 14.2 Å². The van der Waals surface area contributed by atoms with Gasteiger partial charge in [-0.1, -0.05) is 18.7 Å². The van der Waals surface area contributed by atoms with Crippen molar-refractivity contribution in [1.82, 2.24) is 9.55 Å². The Hall–Kier alpha value is -1.34. The van der Waals surface area contributed by atoms with Crippen LogP contribution in [0.2, 0.25) is 0 Å². The van der Waals surface area contributed by atoms with Crippen molar-refractivity contribution >= 4 is 39.3 Å². The molecule has 0 bridgehead atoms. The molecular formula is C13H16N2O3S2. The minimum atomic E-state index is -0.911. The van der Waals surface area contributed by atoms with Crippen molar-refractivity contribution in [2.75, 3.05) is 5.75 Å². The molecule has 0 aromatic carbocycles. The average Bonchev–Trinajstić information content (AvgIpc) is 2.66. The number of nitrogens with zero attached hydrogens (tertiary/aromatic N) is 2. The van der Waals surface area contributed by atoms with E-state index in [1.807, 2.05) is 20.8 Å². The molecular weight excluding hydrogens is 296 g/mol. The van der Waals surface area contributed by atoms with E-state index in [1.165, 1.54) is 11.3 Å². The number of carboxylic acid groups (broad SMARTS) is 1. The van der Waals surface area contributed by atoms with Crippen LogP contribution in [0.5, 0.6) is 0 Å². The summed E-state index contributed by atoms with van der Waals surface area (Å²) in [7, 11) is 0. The maximum atomic E-state index is 12.6. The minimum Gasteiger partial charge on any atom is -0.481 e. The first kappa shape index (κ1) is 15.1. The fourth-order valence-corrected chi connectivity index (χ4v) is 3.78. The molecule has 0 saturated heterocycles. The van der Waals surface area contributed by atoms with Crippen LogP contribution < -0.4 is 5.56 Å². The van der Waals surface area contributed by atoms with E-state index in [4.69, 9.17) is 5.11 Å². The molecule has 0 fully saturated rings. The van der Waals surface area contributed by atoms with Gasteiger partial charge in [0.2, 0.25) is 0 Å². The first-order valence-corrected chi connectivity index (χ1v) is 8.11. The molecule has 1 N–H and O–H groups in total. The Bertz CT molecular complexity index is 718. The molecule has 0 radical (unpaired) electrons. The van der Waals surface area contributed by atoms with E-state index in [9.17, 15) is 9.59 Å². The number of carbonyl (C=O) groups is 1. The van der Waals surface area contributed by atoms with Crippen molar-refractivity contribution in [1.29, 1.82) is 0 Å². The van der Waals surface area contributed by atoms with Crippen LogP contribution in [0.15, 0.2) is 9.95 Å². The molecule has 0 amide bonds. The van der Waals surface area contributed by atoms with E-state index >= 15 is 0 Å². The lowest BCUT2D eigenvalue weighted by atomic mass is 10.2. The van der Waals surface area contributed by atoms with Gasteiger partial charge in [0.15, 0.2) is 5.16 Å². The third-order valence-electron chi connectivity index (χ3n) is 3.03. The second-order valence-corrected chi connectivity index (χ2v) is 6.64. The minimum absolute atomic E-state index is 0.0633. The number of aliphatic carboxylic acids is 1. The average molecular weight is 312 g/mol. The van der Waals surface area contributed by atoms with E-state index < -0.39 is 5.97 Å². The highest BCUT2D eigenvalue weighted by Gasteiger charge is 2.16. The molecule has 0 unspecified atom stereocenters. The van der Waals surface area contributed by atoms with Gasteiger partial charge in [0.1, 0.15) is 4.83 Å². The number of thiophene rings is 1. The number of carboxylic acids is 1. The van der Waals surface area contributed by atoms with E-state index in [2.05, 4.69) is 4.98 Å². The predicted molar refractivity (Wildman–Crippen MR) is 82.0 cm³/mol. The standard InChI is InChI=1S/C13H16N2O3S2/c1-4-5-15-12(18)10-7(2)8(3)20-11(10)14-13(15)19-6-9(16)17/h4-6H2,1-3H3,(H,16,17). The second-order valence-electron chi connectivity index (χ2n) is 4.50. The maximum absolute atomic E-state index is 12.6. The van der Waals surface area contributed by atoms with Crippen molar-refractivity contribution < 1.29 is 9.90 Å². The third-order valence-corrected chi connectivity index (χ3v) is 5.09. The largest absolute Gasteiger partial charge is 0.481 e. The van der Waals surface area contributed by atoms with E-state index in [1.54, 1.807) is 4.57 Å². The lowest BCUT2D eigenvalue weighted by molar-refractivity contribution is -0.133. The number of hydrogen-bond acceptors (Lipinski definition) is 5. The van der Waals surface area contributed by atoms with E-state index in [0.29, 0.717) is 21.9 Å². The monoisotopic (exact) mass is 312 g/mol. The summed E-state index contributed by atoms with van der Waals surface area (Å²) in [6.45, 7) is 6.43. The second kappa shape index (κ2) is 5.97. The van der Waals surface area contributed by atoms with E-state index in [0.717, 1.165) is 28.6 Å². The highest BCUT2D eigenvalue weighted by Crippen LogP contribution is 2.28. The van der Waals surface area contributed by atoms with Crippen LogP contribution in [0.1, 0.15) is 23.8 Å². The fraction of sp³-hybridized carbons (Fsp3) is 0.462. The zero-order valence-electron chi connectivity index (χ0n) is 11.6. The van der Waals surface area contributed by atoms with Crippen molar-refractivity contribution in [3.8, 4) is 0 Å². The Morgan fingerprint density at radius 3 is 2.75 bits per heavy atom. The molecule has 0 aliphatic rings. The molecule has 0 aliphatic heterocycles. The van der Waals surface area contributed by atoms with Crippen molar-refractivity contribution in [2.24, 2.45) is 0 Å². The summed E-state index contributed by atoms with van der Waals surface area (Å²) in [6.07, 6.45) is 0.801. The van der Waals surface area contributed by atoms with Gasteiger partial charge in [-0.15, -0.1) is 11.3 Å². The SMILES string of the molecule is CCCn1c(SCC(=O)O)nc2sc(C)c(C)c2c1=O. The highest BCUT2D eigenvalue weighted by molar-refractivity contribution is 7.99. The Kier molecular flexibility index (Phi) is 4.49. The number of hydrogen-bond donors (Lipinski definition) is 1. The molecule has 108 valence electrons. The molecule has 0 atom stereocenters. The number of thioether (sulfide) groups is 1. The van der Waals surface area contributed by atoms with Crippen molar-refractivity contribution in [3.05, 3.63) is 20.8 Å². The normalized spacial score (nSPS) is 11.2. The number of aryl methyl sites for hydroxylation is 2. The third kappa shape index (κ3) is 2.73. The Balaban J connectivity index is 2.63. The molecule has 0 aliphatic carbocycles. The molecule has 2 heterocycles. The molecule has 2 aromatic rings. The van der Waals surface area contributed by atoms with Gasteiger partial charge < -0.3 is 5.11 Å². The molecule has 5 nitrogen and oxygen atoms in total. The molecule has 0 spiro atoms. The van der Waals surface area contributed by atoms with Crippen molar-refractivity contribution in [3.63, 3.8) is 0 Å². The fourth-order valence-electron chi connectivity index (χ4n) is 1.97. The van der Waals surface area contributed by atoms with Crippen LogP contribution >= 0.6 is 23.1 Å². The smallest absolute Gasteiger partial charge is 0.313 e. The Labute approximate surface area is 124 Å². The van der Waals surface area contributed by atoms with Crippen LogP contribution in [0.3, 0.4) is 0 Å². The molecule has 2 rings (SSSR count). The molecule has 20 heavy (non-hydrogen) atoms. The summed E-state index contributed by atoms with van der Waals surface area (Å²) in [6, 6.07) is 0. The summed E-state index contributed by atoms with van der Waals surface area (Å²) < 4.78 is 1.59.